The van der Waals surface area contributed by atoms with Crippen molar-refractivity contribution in [3.63, 3.8) is 0 Å². The van der Waals surface area contributed by atoms with Crippen LogP contribution >= 0.6 is 11.6 Å². The molecule has 0 aromatic carbocycles. The average molecular weight is 175 g/mol. The van der Waals surface area contributed by atoms with Gasteiger partial charge in [0.1, 0.15) is 0 Å². The Bertz CT molecular complexity index is 120. The first-order valence-electron chi connectivity index (χ1n) is 4.75. The zero-order chi connectivity index (χ0) is 8.43. The highest BCUT2D eigenvalue weighted by molar-refractivity contribution is 6.20. The molecule has 66 valence electrons. The monoisotopic (exact) mass is 174 g/mol. The van der Waals surface area contributed by atoms with Crippen molar-refractivity contribution in [2.75, 3.05) is 0 Å². The molecule has 11 heavy (non-hydrogen) atoms. The summed E-state index contributed by atoms with van der Waals surface area (Å²) in [4.78, 5) is 0. The van der Waals surface area contributed by atoms with Gasteiger partial charge in [0, 0.05) is 5.38 Å². The van der Waals surface area contributed by atoms with Crippen LogP contribution in [0.1, 0.15) is 40.0 Å². The standard InChI is InChI=1S/C10H19Cl/c1-7(2)9-5-4-8(3)10(11)6-9/h7-10H,4-6H2,1-3H3/t8-,9+,10-/m1/s1. The van der Waals surface area contributed by atoms with Crippen LogP contribution in [0.2, 0.25) is 0 Å². The Hall–Kier alpha value is 0.290. The van der Waals surface area contributed by atoms with Crippen molar-refractivity contribution in [1.82, 2.24) is 0 Å². The second-order valence-corrected chi connectivity index (χ2v) is 4.87. The largest absolute Gasteiger partial charge is 0.123 e. The van der Waals surface area contributed by atoms with Crippen molar-refractivity contribution in [2.24, 2.45) is 17.8 Å². The van der Waals surface area contributed by atoms with Crippen LogP contribution in [0.5, 0.6) is 0 Å². The summed E-state index contributed by atoms with van der Waals surface area (Å²) in [5.74, 6) is 2.45. The highest BCUT2D eigenvalue weighted by Crippen LogP contribution is 2.35. The Morgan fingerprint density at radius 1 is 1.27 bits per heavy atom. The second-order valence-electron chi connectivity index (χ2n) is 4.31. The molecule has 0 heterocycles. The van der Waals surface area contributed by atoms with Gasteiger partial charge in [-0.25, -0.2) is 0 Å². The molecule has 0 aromatic rings. The number of halogens is 1. The lowest BCUT2D eigenvalue weighted by atomic mass is 9.77. The summed E-state index contributed by atoms with van der Waals surface area (Å²) in [5, 5.41) is 0.441. The van der Waals surface area contributed by atoms with Crippen molar-refractivity contribution >= 4 is 11.6 Å². The van der Waals surface area contributed by atoms with E-state index in [0.29, 0.717) is 5.38 Å². The van der Waals surface area contributed by atoms with E-state index in [4.69, 9.17) is 11.6 Å². The molecule has 3 atom stereocenters. The zero-order valence-electron chi connectivity index (χ0n) is 7.81. The van der Waals surface area contributed by atoms with E-state index >= 15 is 0 Å². The number of alkyl halides is 1. The highest BCUT2D eigenvalue weighted by atomic mass is 35.5. The lowest BCUT2D eigenvalue weighted by Crippen LogP contribution is -2.26. The summed E-state index contributed by atoms with van der Waals surface area (Å²) >= 11 is 6.21. The van der Waals surface area contributed by atoms with Gasteiger partial charge in [-0.1, -0.05) is 20.8 Å². The lowest BCUT2D eigenvalue weighted by molar-refractivity contribution is 0.239. The van der Waals surface area contributed by atoms with E-state index in [2.05, 4.69) is 20.8 Å². The molecule has 1 fully saturated rings. The normalized spacial score (nSPS) is 39.5. The molecule has 0 N–H and O–H groups in total. The van der Waals surface area contributed by atoms with Crippen LogP contribution < -0.4 is 0 Å². The van der Waals surface area contributed by atoms with Crippen molar-refractivity contribution < 1.29 is 0 Å². The van der Waals surface area contributed by atoms with Crippen LogP contribution in [-0.4, -0.2) is 5.38 Å². The van der Waals surface area contributed by atoms with Gasteiger partial charge in [0.15, 0.2) is 0 Å². The molecule has 0 spiro atoms. The van der Waals surface area contributed by atoms with E-state index in [9.17, 15) is 0 Å². The van der Waals surface area contributed by atoms with Crippen molar-refractivity contribution in [2.45, 2.75) is 45.4 Å². The van der Waals surface area contributed by atoms with Gasteiger partial charge in [0.25, 0.3) is 0 Å². The summed E-state index contributed by atoms with van der Waals surface area (Å²) in [6, 6.07) is 0. The topological polar surface area (TPSA) is 0 Å². The Labute approximate surface area is 75.3 Å². The molecule has 0 nitrogen and oxygen atoms in total. The summed E-state index contributed by atoms with van der Waals surface area (Å²) in [6.45, 7) is 6.89. The summed E-state index contributed by atoms with van der Waals surface area (Å²) in [6.07, 6.45) is 3.96. The molecule has 0 bridgehead atoms. The van der Waals surface area contributed by atoms with Gasteiger partial charge < -0.3 is 0 Å². The van der Waals surface area contributed by atoms with Crippen LogP contribution in [0, 0.1) is 17.8 Å². The molecule has 0 aliphatic heterocycles. The van der Waals surface area contributed by atoms with Gasteiger partial charge >= 0.3 is 0 Å². The lowest BCUT2D eigenvalue weighted by Gasteiger charge is -2.32. The molecule has 1 heteroatoms. The van der Waals surface area contributed by atoms with E-state index in [-0.39, 0.29) is 0 Å². The summed E-state index contributed by atoms with van der Waals surface area (Å²) in [5.41, 5.74) is 0. The maximum atomic E-state index is 6.21. The minimum Gasteiger partial charge on any atom is -0.123 e. The first kappa shape index (κ1) is 9.38. The number of hydrogen-bond acceptors (Lipinski definition) is 0. The third-order valence-electron chi connectivity index (χ3n) is 3.08. The molecular formula is C10H19Cl. The molecule has 1 aliphatic carbocycles. The number of rotatable bonds is 1. The van der Waals surface area contributed by atoms with Gasteiger partial charge in [0.2, 0.25) is 0 Å². The van der Waals surface area contributed by atoms with Crippen LogP contribution in [0.25, 0.3) is 0 Å². The molecule has 1 saturated carbocycles. The molecule has 0 saturated heterocycles. The second kappa shape index (κ2) is 3.80. The Kier molecular flexibility index (Phi) is 3.24. The van der Waals surface area contributed by atoms with E-state index < -0.39 is 0 Å². The summed E-state index contributed by atoms with van der Waals surface area (Å²) in [7, 11) is 0. The van der Waals surface area contributed by atoms with Gasteiger partial charge in [0.05, 0.1) is 0 Å². The van der Waals surface area contributed by atoms with Crippen LogP contribution in [0.15, 0.2) is 0 Å². The maximum absolute atomic E-state index is 6.21. The average Bonchev–Trinajstić information content (AvgIpc) is 1.94. The molecule has 0 unspecified atom stereocenters. The predicted molar refractivity (Wildman–Crippen MR) is 51.0 cm³/mol. The van der Waals surface area contributed by atoms with E-state index in [0.717, 1.165) is 17.8 Å². The third kappa shape index (κ3) is 2.37. The molecule has 1 aliphatic rings. The molecule has 0 radical (unpaired) electrons. The fraction of sp³-hybridized carbons (Fsp3) is 1.00. The smallest absolute Gasteiger partial charge is 0.0364 e. The van der Waals surface area contributed by atoms with Crippen molar-refractivity contribution in [1.29, 1.82) is 0 Å². The Balaban J connectivity index is 2.40. The van der Waals surface area contributed by atoms with Gasteiger partial charge in [-0.2, -0.15) is 0 Å². The van der Waals surface area contributed by atoms with Crippen LogP contribution in [0.4, 0.5) is 0 Å². The Morgan fingerprint density at radius 3 is 2.36 bits per heavy atom. The van der Waals surface area contributed by atoms with E-state index in [1.165, 1.54) is 19.3 Å². The summed E-state index contributed by atoms with van der Waals surface area (Å²) < 4.78 is 0. The third-order valence-corrected chi connectivity index (χ3v) is 3.69. The van der Waals surface area contributed by atoms with Crippen LogP contribution in [0.3, 0.4) is 0 Å². The van der Waals surface area contributed by atoms with Gasteiger partial charge in [-0.05, 0) is 37.0 Å². The van der Waals surface area contributed by atoms with E-state index in [1.54, 1.807) is 0 Å². The van der Waals surface area contributed by atoms with Crippen LogP contribution in [-0.2, 0) is 0 Å². The first-order valence-corrected chi connectivity index (χ1v) is 5.19. The van der Waals surface area contributed by atoms with Gasteiger partial charge in [-0.3, -0.25) is 0 Å². The Morgan fingerprint density at radius 2 is 1.91 bits per heavy atom. The molecule has 0 aromatic heterocycles. The van der Waals surface area contributed by atoms with Gasteiger partial charge in [-0.15, -0.1) is 11.6 Å². The predicted octanol–water partition coefficient (Wildman–Crippen LogP) is 3.69. The van der Waals surface area contributed by atoms with Crippen molar-refractivity contribution in [3.8, 4) is 0 Å². The molecular weight excluding hydrogens is 156 g/mol. The number of hydrogen-bond donors (Lipinski definition) is 0. The zero-order valence-corrected chi connectivity index (χ0v) is 8.56. The minimum atomic E-state index is 0.441. The molecule has 0 amide bonds. The highest BCUT2D eigenvalue weighted by Gasteiger charge is 2.27. The van der Waals surface area contributed by atoms with Crippen molar-refractivity contribution in [3.05, 3.63) is 0 Å². The quantitative estimate of drug-likeness (QED) is 0.532. The minimum absolute atomic E-state index is 0.441. The fourth-order valence-corrected chi connectivity index (χ4v) is 2.26. The first-order chi connectivity index (χ1) is 5.11. The fourth-order valence-electron chi connectivity index (χ4n) is 1.90. The van der Waals surface area contributed by atoms with E-state index in [1.807, 2.05) is 0 Å². The SMILES string of the molecule is CC(C)[C@H]1CC[C@@H](C)[C@H](Cl)C1. The maximum Gasteiger partial charge on any atom is 0.0364 e. The molecule has 1 rings (SSSR count).